The van der Waals surface area contributed by atoms with Crippen molar-refractivity contribution in [2.75, 3.05) is 10.0 Å². The summed E-state index contributed by atoms with van der Waals surface area (Å²) in [5.74, 6) is -0.935. The van der Waals surface area contributed by atoms with Gasteiger partial charge in [-0.15, -0.1) is 0 Å². The summed E-state index contributed by atoms with van der Waals surface area (Å²) in [7, 11) is -3.80. The molecule has 0 unspecified atom stereocenters. The molecule has 3 N–H and O–H groups in total. The number of nitrogens with zero attached hydrogens (tertiary/aromatic N) is 2. The molecule has 0 aliphatic heterocycles. The molecule has 0 radical (unpaired) electrons. The SMILES string of the molecule is Cc1cc(C)nc(NS(=O)(=O)c2ccc(NCc3ccc(C(=O)O)cc3)cc2)n1. The molecule has 9 heteroatoms. The van der Waals surface area contributed by atoms with E-state index in [2.05, 4.69) is 20.0 Å². The van der Waals surface area contributed by atoms with E-state index in [1.165, 1.54) is 24.3 Å². The molecule has 0 aliphatic carbocycles. The number of carbonyl (C=O) groups is 1. The van der Waals surface area contributed by atoms with E-state index in [0.29, 0.717) is 17.9 Å². The lowest BCUT2D eigenvalue weighted by Gasteiger charge is -2.10. The summed E-state index contributed by atoms with van der Waals surface area (Å²) >= 11 is 0. The number of carboxylic acid groups (broad SMARTS) is 1. The Morgan fingerprint density at radius 3 is 2.10 bits per heavy atom. The average molecular weight is 412 g/mol. The summed E-state index contributed by atoms with van der Waals surface area (Å²) in [6.45, 7) is 4.00. The molecule has 3 rings (SSSR count). The predicted molar refractivity (Wildman–Crippen MR) is 109 cm³/mol. The van der Waals surface area contributed by atoms with Crippen molar-refractivity contribution in [1.82, 2.24) is 9.97 Å². The van der Waals surface area contributed by atoms with Crippen molar-refractivity contribution in [2.24, 2.45) is 0 Å². The first kappa shape index (κ1) is 20.3. The maximum Gasteiger partial charge on any atom is 0.335 e. The van der Waals surface area contributed by atoms with E-state index < -0.39 is 16.0 Å². The van der Waals surface area contributed by atoms with Crippen molar-refractivity contribution in [2.45, 2.75) is 25.3 Å². The molecule has 8 nitrogen and oxygen atoms in total. The van der Waals surface area contributed by atoms with Crippen molar-refractivity contribution >= 4 is 27.6 Å². The number of benzene rings is 2. The van der Waals surface area contributed by atoms with E-state index in [-0.39, 0.29) is 16.4 Å². The molecule has 1 aromatic heterocycles. The summed E-state index contributed by atoms with van der Waals surface area (Å²) in [5.41, 5.74) is 3.20. The molecule has 1 heterocycles. The van der Waals surface area contributed by atoms with Crippen LogP contribution in [0.1, 0.15) is 27.3 Å². The van der Waals surface area contributed by atoms with Crippen molar-refractivity contribution in [3.8, 4) is 0 Å². The largest absolute Gasteiger partial charge is 0.478 e. The molecule has 0 amide bonds. The summed E-state index contributed by atoms with van der Waals surface area (Å²) in [6, 6.07) is 14.6. The van der Waals surface area contributed by atoms with Crippen LogP contribution < -0.4 is 10.0 Å². The van der Waals surface area contributed by atoms with Crippen molar-refractivity contribution in [3.05, 3.63) is 77.1 Å². The number of rotatable bonds is 7. The van der Waals surface area contributed by atoms with E-state index >= 15 is 0 Å². The molecule has 0 bridgehead atoms. The minimum atomic E-state index is -3.80. The second-order valence-electron chi connectivity index (χ2n) is 6.46. The van der Waals surface area contributed by atoms with Crippen LogP contribution in [-0.2, 0) is 16.6 Å². The van der Waals surface area contributed by atoms with Gasteiger partial charge in [-0.05, 0) is 61.9 Å². The van der Waals surface area contributed by atoms with Crippen LogP contribution in [-0.4, -0.2) is 29.5 Å². The second kappa shape index (κ2) is 8.27. The van der Waals surface area contributed by atoms with E-state index in [9.17, 15) is 13.2 Å². The zero-order valence-corrected chi connectivity index (χ0v) is 16.7. The van der Waals surface area contributed by atoms with Crippen molar-refractivity contribution < 1.29 is 18.3 Å². The first-order valence-electron chi connectivity index (χ1n) is 8.74. The number of aromatic carboxylic acids is 1. The second-order valence-corrected chi connectivity index (χ2v) is 8.14. The van der Waals surface area contributed by atoms with Crippen LogP contribution in [0.3, 0.4) is 0 Å². The number of hydrogen-bond acceptors (Lipinski definition) is 6. The maximum absolute atomic E-state index is 12.5. The minimum Gasteiger partial charge on any atom is -0.478 e. The predicted octanol–water partition coefficient (Wildman–Crippen LogP) is 3.20. The summed E-state index contributed by atoms with van der Waals surface area (Å²) < 4.78 is 27.5. The number of hydrogen-bond donors (Lipinski definition) is 3. The zero-order chi connectivity index (χ0) is 21.0. The Bertz CT molecular complexity index is 1110. The highest BCUT2D eigenvalue weighted by molar-refractivity contribution is 7.92. The molecule has 0 atom stereocenters. The third-order valence-corrected chi connectivity index (χ3v) is 5.41. The lowest BCUT2D eigenvalue weighted by molar-refractivity contribution is 0.0697. The summed E-state index contributed by atoms with van der Waals surface area (Å²) in [6.07, 6.45) is 0. The van der Waals surface area contributed by atoms with Gasteiger partial charge in [0.05, 0.1) is 10.5 Å². The van der Waals surface area contributed by atoms with Gasteiger partial charge in [-0.25, -0.2) is 27.9 Å². The number of aryl methyl sites for hydroxylation is 2. The van der Waals surface area contributed by atoms with Crippen molar-refractivity contribution in [3.63, 3.8) is 0 Å². The Labute approximate surface area is 168 Å². The quantitative estimate of drug-likeness (QED) is 0.545. The van der Waals surface area contributed by atoms with Gasteiger partial charge in [0.2, 0.25) is 5.95 Å². The van der Waals surface area contributed by atoms with Crippen LogP contribution >= 0.6 is 0 Å². The van der Waals surface area contributed by atoms with Gasteiger partial charge in [0, 0.05) is 23.6 Å². The van der Waals surface area contributed by atoms with Crippen molar-refractivity contribution in [1.29, 1.82) is 0 Å². The Kier molecular flexibility index (Phi) is 5.79. The minimum absolute atomic E-state index is 0.0366. The smallest absolute Gasteiger partial charge is 0.335 e. The number of aromatic nitrogens is 2. The maximum atomic E-state index is 12.5. The number of carboxylic acids is 1. The molecule has 0 saturated carbocycles. The fraction of sp³-hybridized carbons (Fsp3) is 0.150. The highest BCUT2D eigenvalue weighted by atomic mass is 32.2. The van der Waals surface area contributed by atoms with Gasteiger partial charge in [-0.3, -0.25) is 0 Å². The molecule has 29 heavy (non-hydrogen) atoms. The third-order valence-electron chi connectivity index (χ3n) is 4.07. The Morgan fingerprint density at radius 2 is 1.55 bits per heavy atom. The fourth-order valence-electron chi connectivity index (χ4n) is 2.67. The van der Waals surface area contributed by atoms with Gasteiger partial charge < -0.3 is 10.4 Å². The number of nitrogens with one attached hydrogen (secondary N) is 2. The molecular formula is C20H20N4O4S. The monoisotopic (exact) mass is 412 g/mol. The topological polar surface area (TPSA) is 121 Å². The van der Waals surface area contributed by atoms with Gasteiger partial charge in [0.25, 0.3) is 10.0 Å². The molecule has 3 aromatic rings. The van der Waals surface area contributed by atoms with Crippen LogP contribution in [0.2, 0.25) is 0 Å². The molecule has 0 fully saturated rings. The van der Waals surface area contributed by atoms with Crippen LogP contribution in [0, 0.1) is 13.8 Å². The number of sulfonamides is 1. The van der Waals surface area contributed by atoms with E-state index in [4.69, 9.17) is 5.11 Å². The Balaban J connectivity index is 1.66. The average Bonchev–Trinajstić information content (AvgIpc) is 2.66. The Hall–Kier alpha value is -3.46. The zero-order valence-electron chi connectivity index (χ0n) is 15.9. The lowest BCUT2D eigenvalue weighted by atomic mass is 10.1. The van der Waals surface area contributed by atoms with Crippen LogP contribution in [0.4, 0.5) is 11.6 Å². The van der Waals surface area contributed by atoms with Crippen LogP contribution in [0.25, 0.3) is 0 Å². The van der Waals surface area contributed by atoms with E-state index in [0.717, 1.165) is 11.3 Å². The molecule has 0 saturated heterocycles. The standard InChI is InChI=1S/C20H20N4O4S/c1-13-11-14(2)23-20(22-13)24-29(27,28)18-9-7-17(8-10-18)21-12-15-3-5-16(6-4-15)19(25)26/h3-11,21H,12H2,1-2H3,(H,25,26)(H,22,23,24). The van der Waals surface area contributed by atoms with Crippen LogP contribution in [0.15, 0.2) is 59.5 Å². The molecule has 0 aliphatic rings. The fourth-order valence-corrected chi connectivity index (χ4v) is 3.62. The molecular weight excluding hydrogens is 392 g/mol. The first-order valence-corrected chi connectivity index (χ1v) is 10.2. The van der Waals surface area contributed by atoms with Gasteiger partial charge in [-0.1, -0.05) is 12.1 Å². The van der Waals surface area contributed by atoms with Gasteiger partial charge in [0.15, 0.2) is 0 Å². The van der Waals surface area contributed by atoms with E-state index in [1.54, 1.807) is 44.2 Å². The molecule has 2 aromatic carbocycles. The van der Waals surface area contributed by atoms with Gasteiger partial charge >= 0.3 is 5.97 Å². The lowest BCUT2D eigenvalue weighted by Crippen LogP contribution is -2.15. The van der Waals surface area contributed by atoms with E-state index in [1.807, 2.05) is 0 Å². The highest BCUT2D eigenvalue weighted by Gasteiger charge is 2.16. The van der Waals surface area contributed by atoms with Gasteiger partial charge in [-0.2, -0.15) is 0 Å². The van der Waals surface area contributed by atoms with Gasteiger partial charge in [0.1, 0.15) is 0 Å². The number of anilines is 2. The third kappa shape index (κ3) is 5.29. The Morgan fingerprint density at radius 1 is 0.966 bits per heavy atom. The molecule has 150 valence electrons. The highest BCUT2D eigenvalue weighted by Crippen LogP contribution is 2.18. The normalized spacial score (nSPS) is 11.1. The summed E-state index contributed by atoms with van der Waals surface area (Å²) in [4.78, 5) is 19.2. The summed E-state index contributed by atoms with van der Waals surface area (Å²) in [5, 5.41) is 12.1. The first-order chi connectivity index (χ1) is 13.7. The van der Waals surface area contributed by atoms with Crippen LogP contribution in [0.5, 0.6) is 0 Å². The molecule has 0 spiro atoms.